The van der Waals surface area contributed by atoms with E-state index >= 15 is 0 Å². The number of nitrogens with zero attached hydrogens (tertiary/aromatic N) is 3. The first-order chi connectivity index (χ1) is 12.8. The Labute approximate surface area is 155 Å². The molecule has 140 valence electrons. The van der Waals surface area contributed by atoms with Gasteiger partial charge < -0.3 is 14.5 Å². The van der Waals surface area contributed by atoms with E-state index < -0.39 is 0 Å². The molecule has 1 amide bonds. The molecule has 0 unspecified atom stereocenters. The summed E-state index contributed by atoms with van der Waals surface area (Å²) in [5.41, 5.74) is 1.70. The first kappa shape index (κ1) is 16.5. The van der Waals surface area contributed by atoms with Crippen molar-refractivity contribution in [2.75, 3.05) is 26.2 Å². The Morgan fingerprint density at radius 1 is 1.04 bits per heavy atom. The van der Waals surface area contributed by atoms with Gasteiger partial charge in [-0.1, -0.05) is 6.42 Å². The third-order valence-electron chi connectivity index (χ3n) is 6.62. The molecular formula is C21H29N3O2. The molecule has 0 aromatic carbocycles. The van der Waals surface area contributed by atoms with Gasteiger partial charge in [0.2, 0.25) is 5.88 Å². The first-order valence-electron chi connectivity index (χ1n) is 10.5. The second-order valence-electron chi connectivity index (χ2n) is 8.53. The predicted octanol–water partition coefficient (Wildman–Crippen LogP) is 2.89. The topological polar surface area (TPSA) is 45.7 Å². The fourth-order valence-corrected chi connectivity index (χ4v) is 4.51. The summed E-state index contributed by atoms with van der Waals surface area (Å²) in [6.07, 6.45) is 10.0. The number of carbonyl (C=O) groups excluding carboxylic acids is 1. The second kappa shape index (κ2) is 6.84. The summed E-state index contributed by atoms with van der Waals surface area (Å²) in [5.74, 6) is 1.60. The number of ether oxygens (including phenoxy) is 1. The molecule has 3 heterocycles. The van der Waals surface area contributed by atoms with Crippen LogP contribution in [0.2, 0.25) is 0 Å². The molecule has 26 heavy (non-hydrogen) atoms. The average molecular weight is 355 g/mol. The van der Waals surface area contributed by atoms with Gasteiger partial charge in [0.05, 0.1) is 11.3 Å². The van der Waals surface area contributed by atoms with E-state index in [1.54, 1.807) is 0 Å². The Hall–Kier alpha value is -1.62. The van der Waals surface area contributed by atoms with Crippen molar-refractivity contribution in [3.05, 3.63) is 23.4 Å². The maximum absolute atomic E-state index is 12.7. The minimum Gasteiger partial charge on any atom is -0.474 e. The largest absolute Gasteiger partial charge is 0.474 e. The second-order valence-corrected chi connectivity index (χ2v) is 8.53. The van der Waals surface area contributed by atoms with E-state index in [1.807, 2.05) is 17.0 Å². The molecule has 3 fully saturated rings. The van der Waals surface area contributed by atoms with Crippen molar-refractivity contribution in [3.8, 4) is 5.88 Å². The summed E-state index contributed by atoms with van der Waals surface area (Å²) < 4.78 is 6.18. The molecule has 1 aromatic rings. The lowest BCUT2D eigenvalue weighted by atomic mass is 9.90. The van der Waals surface area contributed by atoms with Crippen molar-refractivity contribution in [1.82, 2.24) is 14.8 Å². The van der Waals surface area contributed by atoms with Gasteiger partial charge >= 0.3 is 0 Å². The number of likely N-dealkylation sites (tertiary alicyclic amines) is 1. The third-order valence-corrected chi connectivity index (χ3v) is 6.62. The molecule has 1 aromatic heterocycles. The van der Waals surface area contributed by atoms with E-state index in [9.17, 15) is 4.79 Å². The minimum atomic E-state index is 0.158. The predicted molar refractivity (Wildman–Crippen MR) is 99.4 cm³/mol. The summed E-state index contributed by atoms with van der Waals surface area (Å²) in [7, 11) is 0. The standard InChI is InChI=1S/C21H29N3O2/c25-21-18-6-7-20(22-19(18)10-13-24(21)14-15-4-5-15)26-17-8-11-23(12-9-17)16-2-1-3-16/h6-7,15-17H,1-5,8-14H2. The number of piperidine rings is 1. The summed E-state index contributed by atoms with van der Waals surface area (Å²) in [6.45, 7) is 4.03. The van der Waals surface area contributed by atoms with Gasteiger partial charge in [0, 0.05) is 44.7 Å². The normalized spacial score (nSPS) is 25.1. The van der Waals surface area contributed by atoms with Crippen LogP contribution in [0, 0.1) is 5.92 Å². The SMILES string of the molecule is O=C1c2ccc(OC3CCN(C4CCC4)CC3)nc2CCN1CC1CC1. The van der Waals surface area contributed by atoms with Gasteiger partial charge in [0.15, 0.2) is 0 Å². The number of pyridine rings is 1. The summed E-state index contributed by atoms with van der Waals surface area (Å²) in [5, 5.41) is 0. The van der Waals surface area contributed by atoms with Crippen LogP contribution in [0.1, 0.15) is 61.0 Å². The molecule has 2 aliphatic heterocycles. The number of carbonyl (C=O) groups is 1. The van der Waals surface area contributed by atoms with Gasteiger partial charge in [-0.2, -0.15) is 0 Å². The molecule has 5 heteroatoms. The molecular weight excluding hydrogens is 326 g/mol. The van der Waals surface area contributed by atoms with E-state index in [0.29, 0.717) is 5.88 Å². The molecule has 5 rings (SSSR count). The lowest BCUT2D eigenvalue weighted by Gasteiger charge is -2.41. The molecule has 1 saturated heterocycles. The fraction of sp³-hybridized carbons (Fsp3) is 0.714. The number of hydrogen-bond acceptors (Lipinski definition) is 4. The molecule has 0 N–H and O–H groups in total. The van der Waals surface area contributed by atoms with Crippen molar-refractivity contribution in [3.63, 3.8) is 0 Å². The number of rotatable bonds is 5. The molecule has 5 nitrogen and oxygen atoms in total. The van der Waals surface area contributed by atoms with Gasteiger partial charge in [-0.3, -0.25) is 4.79 Å². The lowest BCUT2D eigenvalue weighted by Crippen LogP contribution is -2.46. The van der Waals surface area contributed by atoms with Crippen molar-refractivity contribution >= 4 is 5.91 Å². The molecule has 4 aliphatic rings. The lowest BCUT2D eigenvalue weighted by molar-refractivity contribution is 0.0473. The van der Waals surface area contributed by atoms with Crippen molar-refractivity contribution in [1.29, 1.82) is 0 Å². The van der Waals surface area contributed by atoms with Crippen molar-refractivity contribution in [2.45, 2.75) is 63.5 Å². The molecule has 2 saturated carbocycles. The molecule has 0 atom stereocenters. The van der Waals surface area contributed by atoms with E-state index in [0.717, 1.165) is 68.7 Å². The van der Waals surface area contributed by atoms with E-state index in [4.69, 9.17) is 4.74 Å². The Morgan fingerprint density at radius 3 is 2.54 bits per heavy atom. The molecule has 0 bridgehead atoms. The number of hydrogen-bond donors (Lipinski definition) is 0. The van der Waals surface area contributed by atoms with Crippen LogP contribution < -0.4 is 4.74 Å². The Morgan fingerprint density at radius 2 is 1.85 bits per heavy atom. The van der Waals surface area contributed by atoms with Crippen LogP contribution in [0.25, 0.3) is 0 Å². The van der Waals surface area contributed by atoms with Crippen LogP contribution in [0.4, 0.5) is 0 Å². The van der Waals surface area contributed by atoms with Crippen LogP contribution in [-0.2, 0) is 6.42 Å². The highest BCUT2D eigenvalue weighted by molar-refractivity contribution is 5.96. The summed E-state index contributed by atoms with van der Waals surface area (Å²) in [6, 6.07) is 4.67. The van der Waals surface area contributed by atoms with Crippen LogP contribution in [0.15, 0.2) is 12.1 Å². The summed E-state index contributed by atoms with van der Waals surface area (Å²) >= 11 is 0. The maximum Gasteiger partial charge on any atom is 0.255 e. The first-order valence-corrected chi connectivity index (χ1v) is 10.5. The zero-order valence-electron chi connectivity index (χ0n) is 15.5. The monoisotopic (exact) mass is 355 g/mol. The smallest absolute Gasteiger partial charge is 0.255 e. The molecule has 0 spiro atoms. The Balaban J connectivity index is 1.19. The highest BCUT2D eigenvalue weighted by Crippen LogP contribution is 2.32. The van der Waals surface area contributed by atoms with E-state index in [1.165, 1.54) is 32.1 Å². The third kappa shape index (κ3) is 3.34. The quantitative estimate of drug-likeness (QED) is 0.815. The maximum atomic E-state index is 12.7. The Bertz CT molecular complexity index is 676. The van der Waals surface area contributed by atoms with Crippen LogP contribution in [0.3, 0.4) is 0 Å². The van der Waals surface area contributed by atoms with Crippen molar-refractivity contribution < 1.29 is 9.53 Å². The Kier molecular flexibility index (Phi) is 4.35. The van der Waals surface area contributed by atoms with E-state index in [-0.39, 0.29) is 12.0 Å². The highest BCUT2D eigenvalue weighted by Gasteiger charge is 2.32. The fourth-order valence-electron chi connectivity index (χ4n) is 4.51. The summed E-state index contributed by atoms with van der Waals surface area (Å²) in [4.78, 5) is 22.0. The number of fused-ring (bicyclic) bond motifs is 1. The van der Waals surface area contributed by atoms with Gasteiger partial charge in [-0.25, -0.2) is 4.98 Å². The zero-order valence-corrected chi connectivity index (χ0v) is 15.5. The highest BCUT2D eigenvalue weighted by atomic mass is 16.5. The van der Waals surface area contributed by atoms with Crippen LogP contribution in [-0.4, -0.2) is 59.0 Å². The van der Waals surface area contributed by atoms with Gasteiger partial charge in [0.1, 0.15) is 6.10 Å². The number of amides is 1. The van der Waals surface area contributed by atoms with Crippen LogP contribution >= 0.6 is 0 Å². The molecule has 2 aliphatic carbocycles. The zero-order chi connectivity index (χ0) is 17.5. The van der Waals surface area contributed by atoms with Gasteiger partial charge in [-0.15, -0.1) is 0 Å². The average Bonchev–Trinajstić information content (AvgIpc) is 3.42. The van der Waals surface area contributed by atoms with Crippen molar-refractivity contribution in [2.24, 2.45) is 5.92 Å². The van der Waals surface area contributed by atoms with Gasteiger partial charge in [0.25, 0.3) is 5.91 Å². The number of aromatic nitrogens is 1. The minimum absolute atomic E-state index is 0.158. The van der Waals surface area contributed by atoms with E-state index in [2.05, 4.69) is 9.88 Å². The molecule has 0 radical (unpaired) electrons. The van der Waals surface area contributed by atoms with Crippen LogP contribution in [0.5, 0.6) is 5.88 Å². The van der Waals surface area contributed by atoms with Gasteiger partial charge in [-0.05, 0) is 50.5 Å².